The van der Waals surface area contributed by atoms with E-state index in [0.717, 1.165) is 24.8 Å². The van der Waals surface area contributed by atoms with Gasteiger partial charge in [-0.15, -0.1) is 0 Å². The van der Waals surface area contributed by atoms with Gasteiger partial charge in [0.1, 0.15) is 23.5 Å². The fourth-order valence-corrected chi connectivity index (χ4v) is 6.67. The van der Waals surface area contributed by atoms with Gasteiger partial charge in [-0.25, -0.2) is 4.79 Å². The number of aliphatic hydroxyl groups is 1. The summed E-state index contributed by atoms with van der Waals surface area (Å²) in [5.41, 5.74) is 2.22. The van der Waals surface area contributed by atoms with Crippen LogP contribution in [0.2, 0.25) is 0 Å². The maximum absolute atomic E-state index is 10.7. The molecule has 1 unspecified atom stereocenters. The van der Waals surface area contributed by atoms with Crippen molar-refractivity contribution in [2.24, 2.45) is 5.92 Å². The lowest BCUT2D eigenvalue weighted by Crippen LogP contribution is -2.64. The molecule has 2 aliphatic carbocycles. The smallest absolute Gasteiger partial charge is 0.339 e. The Kier molecular flexibility index (Phi) is 4.85. The summed E-state index contributed by atoms with van der Waals surface area (Å²) in [6.07, 6.45) is 5.18. The maximum atomic E-state index is 10.7. The molecule has 35 heavy (non-hydrogen) atoms. The second kappa shape index (κ2) is 7.73. The Morgan fingerprint density at radius 1 is 1.09 bits per heavy atom. The third-order valence-corrected chi connectivity index (χ3v) is 8.28. The average molecular weight is 474 g/mol. The first-order chi connectivity index (χ1) is 16.8. The maximum Gasteiger partial charge on any atom is 0.339 e. The molecule has 2 heterocycles. The molecular weight excluding hydrogens is 446 g/mol. The number of aliphatic hydroxyl groups excluding tert-OH is 1. The average Bonchev–Trinajstić information content (AvgIpc) is 3.21. The van der Waals surface area contributed by atoms with Crippen LogP contribution in [0.15, 0.2) is 60.7 Å². The zero-order chi connectivity index (χ0) is 24.5. The number of aromatic hydroxyl groups is 2. The number of benzene rings is 3. The van der Waals surface area contributed by atoms with E-state index < -0.39 is 12.1 Å². The Morgan fingerprint density at radius 2 is 1.89 bits per heavy atom. The minimum Gasteiger partial charge on any atom is -0.506 e. The van der Waals surface area contributed by atoms with Crippen LogP contribution in [0.4, 0.5) is 0 Å². The second-order valence-corrected chi connectivity index (χ2v) is 9.92. The molecule has 7 heteroatoms. The first-order valence-electron chi connectivity index (χ1n) is 11.9. The number of rotatable bonds is 1. The number of aromatic carboxylic acids is 1. The third kappa shape index (κ3) is 3.01. The number of carbonyl (C=O) groups is 1. The SMILES string of the molecule is CN1CCC23c4c5ccc(O)c4O[C@H]2[C@@H](O)C=C[C@H]3[C@H]1C5.O=C(O)c1ccc2ccccc2c1O. The van der Waals surface area contributed by atoms with Crippen molar-refractivity contribution in [1.29, 1.82) is 0 Å². The molecule has 3 aromatic rings. The molecule has 4 aliphatic rings. The van der Waals surface area contributed by atoms with Crippen molar-refractivity contribution in [2.45, 2.75) is 36.5 Å². The molecular formula is C28H27NO6. The predicted octanol–water partition coefficient (Wildman–Crippen LogP) is 3.44. The largest absolute Gasteiger partial charge is 0.506 e. The van der Waals surface area contributed by atoms with Gasteiger partial charge < -0.3 is 30.1 Å². The van der Waals surface area contributed by atoms with Crippen molar-refractivity contribution < 1.29 is 30.0 Å². The quantitative estimate of drug-likeness (QED) is 0.401. The Bertz CT molecular complexity index is 1380. The lowest BCUT2D eigenvalue weighted by molar-refractivity contribution is -0.0453. The van der Waals surface area contributed by atoms with E-state index >= 15 is 0 Å². The normalized spacial score (nSPS) is 29.7. The first-order valence-corrected chi connectivity index (χ1v) is 11.9. The summed E-state index contributed by atoms with van der Waals surface area (Å²) in [6, 6.07) is 14.4. The molecule has 1 saturated heterocycles. The van der Waals surface area contributed by atoms with Crippen LogP contribution in [0.5, 0.6) is 17.2 Å². The van der Waals surface area contributed by atoms with Crippen molar-refractivity contribution in [3.63, 3.8) is 0 Å². The molecule has 0 radical (unpaired) electrons. The van der Waals surface area contributed by atoms with Crippen LogP contribution in [0.25, 0.3) is 10.8 Å². The molecule has 1 spiro atoms. The number of hydrogen-bond donors (Lipinski definition) is 4. The van der Waals surface area contributed by atoms with Gasteiger partial charge in [0, 0.05) is 28.3 Å². The summed E-state index contributed by atoms with van der Waals surface area (Å²) in [5.74, 6) is -0.0989. The zero-order valence-corrected chi connectivity index (χ0v) is 19.3. The molecule has 0 amide bonds. The summed E-state index contributed by atoms with van der Waals surface area (Å²) in [7, 11) is 2.19. The predicted molar refractivity (Wildman–Crippen MR) is 130 cm³/mol. The molecule has 4 N–H and O–H groups in total. The molecule has 180 valence electrons. The van der Waals surface area contributed by atoms with Crippen molar-refractivity contribution in [3.8, 4) is 17.2 Å². The molecule has 7 nitrogen and oxygen atoms in total. The van der Waals surface area contributed by atoms with E-state index in [1.807, 2.05) is 24.3 Å². The number of phenols is 2. The van der Waals surface area contributed by atoms with Gasteiger partial charge in [0.2, 0.25) is 0 Å². The summed E-state index contributed by atoms with van der Waals surface area (Å²) >= 11 is 0. The van der Waals surface area contributed by atoms with E-state index in [2.05, 4.69) is 18.0 Å². The van der Waals surface area contributed by atoms with Crippen LogP contribution in [-0.2, 0) is 11.8 Å². The lowest BCUT2D eigenvalue weighted by Gasteiger charge is -2.56. The van der Waals surface area contributed by atoms with Gasteiger partial charge in [-0.1, -0.05) is 48.6 Å². The number of phenolic OH excluding ortho intramolecular Hbond substituents is 1. The molecule has 7 rings (SSSR count). The van der Waals surface area contributed by atoms with Crippen LogP contribution < -0.4 is 4.74 Å². The topological polar surface area (TPSA) is 110 Å². The standard InChI is InChI=1S/C17H19NO3.C11H8O3/c1-18-7-6-17-10-3-5-13(20)16(17)21-15-12(19)4-2-9(14(15)17)8-11(10)18;12-10-8-4-2-1-3-7(8)5-6-9(10)11(13)14/h2-5,10-11,13,16,19-20H,6-8H2,1H3;1-6,12H,(H,13,14)/t10-,11+,13-,16-,17?;/m0./s1. The number of fused-ring (bicyclic) bond motifs is 1. The lowest BCUT2D eigenvalue weighted by atomic mass is 9.53. The Labute approximate surface area is 202 Å². The molecule has 3 aromatic carbocycles. The Hall–Kier alpha value is -3.55. The minimum atomic E-state index is -1.12. The van der Waals surface area contributed by atoms with Crippen molar-refractivity contribution in [2.75, 3.05) is 13.6 Å². The molecule has 1 fully saturated rings. The van der Waals surface area contributed by atoms with Gasteiger partial charge in [0.05, 0.1) is 0 Å². The van der Waals surface area contributed by atoms with Gasteiger partial charge in [0.15, 0.2) is 11.5 Å². The van der Waals surface area contributed by atoms with Crippen molar-refractivity contribution in [3.05, 3.63) is 77.4 Å². The minimum absolute atomic E-state index is 0.0660. The van der Waals surface area contributed by atoms with Crippen LogP contribution in [-0.4, -0.2) is 63.1 Å². The number of likely N-dealkylation sites (tertiary alicyclic amines) is 1. The molecule has 5 atom stereocenters. The van der Waals surface area contributed by atoms with Gasteiger partial charge >= 0.3 is 5.97 Å². The van der Waals surface area contributed by atoms with Crippen LogP contribution in [0.1, 0.15) is 27.9 Å². The van der Waals surface area contributed by atoms with Gasteiger partial charge in [0.25, 0.3) is 0 Å². The number of likely N-dealkylation sites (N-methyl/N-ethyl adjacent to an activating group) is 1. The molecule has 2 bridgehead atoms. The number of ether oxygens (including phenoxy) is 1. The van der Waals surface area contributed by atoms with E-state index in [1.54, 1.807) is 24.3 Å². The third-order valence-electron chi connectivity index (χ3n) is 8.28. The number of nitrogens with zero attached hydrogens (tertiary/aromatic N) is 1. The van der Waals surface area contributed by atoms with Crippen molar-refractivity contribution >= 4 is 16.7 Å². The Morgan fingerprint density at radius 3 is 2.69 bits per heavy atom. The van der Waals surface area contributed by atoms with E-state index in [0.29, 0.717) is 23.1 Å². The number of piperidine rings is 1. The highest BCUT2D eigenvalue weighted by molar-refractivity contribution is 6.00. The van der Waals surface area contributed by atoms with E-state index in [9.17, 15) is 20.1 Å². The Balaban J connectivity index is 0.000000143. The first kappa shape index (κ1) is 21.9. The fraction of sp³-hybridized carbons (Fsp3) is 0.321. The van der Waals surface area contributed by atoms with E-state index in [-0.39, 0.29) is 28.6 Å². The number of hydrogen-bond acceptors (Lipinski definition) is 6. The number of carboxylic acids is 1. The van der Waals surface area contributed by atoms with Gasteiger partial charge in [-0.2, -0.15) is 0 Å². The zero-order valence-electron chi connectivity index (χ0n) is 19.3. The van der Waals surface area contributed by atoms with Gasteiger partial charge in [-0.05, 0) is 49.5 Å². The fourth-order valence-electron chi connectivity index (χ4n) is 6.67. The van der Waals surface area contributed by atoms with Gasteiger partial charge in [-0.3, -0.25) is 0 Å². The highest BCUT2D eigenvalue weighted by Crippen LogP contribution is 2.62. The molecule has 0 saturated carbocycles. The van der Waals surface area contributed by atoms with Crippen LogP contribution >= 0.6 is 0 Å². The second-order valence-electron chi connectivity index (χ2n) is 9.92. The number of carboxylic acid groups (broad SMARTS) is 1. The van der Waals surface area contributed by atoms with E-state index in [1.165, 1.54) is 17.2 Å². The summed E-state index contributed by atoms with van der Waals surface area (Å²) in [6.45, 7) is 1.01. The van der Waals surface area contributed by atoms with E-state index in [4.69, 9.17) is 9.84 Å². The highest BCUT2D eigenvalue weighted by Gasteiger charge is 2.64. The van der Waals surface area contributed by atoms with Crippen LogP contribution in [0, 0.1) is 5.92 Å². The monoisotopic (exact) mass is 473 g/mol. The summed E-state index contributed by atoms with van der Waals surface area (Å²) in [5, 5.41) is 40.4. The molecule has 0 aromatic heterocycles. The van der Waals surface area contributed by atoms with Crippen molar-refractivity contribution in [1.82, 2.24) is 4.90 Å². The molecule has 2 aliphatic heterocycles. The summed E-state index contributed by atoms with van der Waals surface area (Å²) in [4.78, 5) is 13.1. The van der Waals surface area contributed by atoms with Crippen LogP contribution in [0.3, 0.4) is 0 Å². The highest BCUT2D eigenvalue weighted by atomic mass is 16.5. The summed E-state index contributed by atoms with van der Waals surface area (Å²) < 4.78 is 6.09.